The lowest BCUT2D eigenvalue weighted by molar-refractivity contribution is -0.139. The quantitative estimate of drug-likeness (QED) is 0.348. The van der Waals surface area contributed by atoms with Crippen molar-refractivity contribution in [3.63, 3.8) is 0 Å². The van der Waals surface area contributed by atoms with E-state index in [1.807, 2.05) is 37.3 Å². The summed E-state index contributed by atoms with van der Waals surface area (Å²) >= 11 is 20.1. The summed E-state index contributed by atoms with van der Waals surface area (Å²) in [5, 5.41) is 4.89. The standard InChI is InChI=1S/C26H31Cl3N2O2S/c1-2-24(26(33)30-22-9-4-3-5-10-22)31(15-19-11-12-21(28)14-23(19)29)25(32)17-34-16-18-7-6-8-20(27)13-18/h6-8,11-14,22,24H,2-5,9-10,15-17H2,1H3,(H,30,33)/t24-/m1/s1. The van der Waals surface area contributed by atoms with Crippen LogP contribution in [0.2, 0.25) is 15.1 Å². The van der Waals surface area contributed by atoms with Crippen LogP contribution >= 0.6 is 46.6 Å². The molecule has 4 nitrogen and oxygen atoms in total. The van der Waals surface area contributed by atoms with Gasteiger partial charge in [-0.25, -0.2) is 0 Å². The second-order valence-electron chi connectivity index (χ2n) is 8.65. The Labute approximate surface area is 221 Å². The molecule has 0 spiro atoms. The minimum absolute atomic E-state index is 0.0901. The number of amides is 2. The van der Waals surface area contributed by atoms with Gasteiger partial charge in [0.05, 0.1) is 5.75 Å². The van der Waals surface area contributed by atoms with Gasteiger partial charge in [-0.1, -0.05) is 79.2 Å². The highest BCUT2D eigenvalue weighted by molar-refractivity contribution is 7.99. The van der Waals surface area contributed by atoms with Gasteiger partial charge in [0.2, 0.25) is 11.8 Å². The average Bonchev–Trinajstić information content (AvgIpc) is 2.81. The summed E-state index contributed by atoms with van der Waals surface area (Å²) < 4.78 is 0. The Hall–Kier alpha value is -1.40. The van der Waals surface area contributed by atoms with E-state index in [-0.39, 0.29) is 30.2 Å². The normalized spacial score (nSPS) is 15.1. The first-order valence-electron chi connectivity index (χ1n) is 11.7. The molecule has 1 N–H and O–H groups in total. The van der Waals surface area contributed by atoms with E-state index in [1.165, 1.54) is 18.2 Å². The first-order chi connectivity index (χ1) is 16.4. The number of hydrogen-bond donors (Lipinski definition) is 1. The second-order valence-corrected chi connectivity index (χ2v) is 10.9. The summed E-state index contributed by atoms with van der Waals surface area (Å²) in [6, 6.07) is 12.5. The summed E-state index contributed by atoms with van der Waals surface area (Å²) in [7, 11) is 0. The molecule has 1 aliphatic rings. The molecular weight excluding hydrogens is 511 g/mol. The maximum atomic E-state index is 13.4. The first kappa shape index (κ1) is 27.2. The maximum Gasteiger partial charge on any atom is 0.243 e. The third kappa shape index (κ3) is 8.08. The molecular formula is C26H31Cl3N2O2S. The smallest absolute Gasteiger partial charge is 0.243 e. The van der Waals surface area contributed by atoms with Crippen molar-refractivity contribution in [3.05, 3.63) is 68.7 Å². The van der Waals surface area contributed by atoms with Gasteiger partial charge in [0.15, 0.2) is 0 Å². The van der Waals surface area contributed by atoms with Crippen LogP contribution in [0.4, 0.5) is 0 Å². The molecule has 0 saturated heterocycles. The van der Waals surface area contributed by atoms with Gasteiger partial charge in [-0.2, -0.15) is 0 Å². The highest BCUT2D eigenvalue weighted by atomic mass is 35.5. The molecule has 8 heteroatoms. The molecule has 2 aromatic carbocycles. The van der Waals surface area contributed by atoms with Crippen LogP contribution in [-0.2, 0) is 21.9 Å². The molecule has 3 rings (SSSR count). The molecule has 0 heterocycles. The van der Waals surface area contributed by atoms with Crippen molar-refractivity contribution >= 4 is 58.4 Å². The number of thioether (sulfide) groups is 1. The molecule has 2 amide bonds. The summed E-state index contributed by atoms with van der Waals surface area (Å²) in [4.78, 5) is 28.3. The number of benzene rings is 2. The summed E-state index contributed by atoms with van der Waals surface area (Å²) in [6.45, 7) is 2.19. The number of halogens is 3. The minimum atomic E-state index is -0.562. The molecule has 1 aliphatic carbocycles. The third-order valence-electron chi connectivity index (χ3n) is 6.08. The Morgan fingerprint density at radius 3 is 2.47 bits per heavy atom. The number of hydrogen-bond acceptors (Lipinski definition) is 3. The van der Waals surface area contributed by atoms with E-state index in [0.717, 1.165) is 36.8 Å². The van der Waals surface area contributed by atoms with Crippen LogP contribution in [0.1, 0.15) is 56.6 Å². The molecule has 1 fully saturated rings. The monoisotopic (exact) mass is 540 g/mol. The highest BCUT2D eigenvalue weighted by Gasteiger charge is 2.30. The van der Waals surface area contributed by atoms with Gasteiger partial charge in [-0.05, 0) is 54.7 Å². The molecule has 0 aromatic heterocycles. The molecule has 34 heavy (non-hydrogen) atoms. The fourth-order valence-corrected chi connectivity index (χ4v) is 5.80. The van der Waals surface area contributed by atoms with E-state index >= 15 is 0 Å². The number of nitrogens with zero attached hydrogens (tertiary/aromatic N) is 1. The first-order valence-corrected chi connectivity index (χ1v) is 14.0. The van der Waals surface area contributed by atoms with Crippen LogP contribution < -0.4 is 5.32 Å². The maximum absolute atomic E-state index is 13.4. The van der Waals surface area contributed by atoms with Gasteiger partial charge in [0.25, 0.3) is 0 Å². The lowest BCUT2D eigenvalue weighted by atomic mass is 9.95. The van der Waals surface area contributed by atoms with Gasteiger partial charge >= 0.3 is 0 Å². The van der Waals surface area contributed by atoms with Gasteiger partial charge in [-0.15, -0.1) is 11.8 Å². The van der Waals surface area contributed by atoms with Crippen LogP contribution in [0.15, 0.2) is 42.5 Å². The van der Waals surface area contributed by atoms with Crippen molar-refractivity contribution in [2.45, 2.75) is 69.8 Å². The zero-order valence-electron chi connectivity index (χ0n) is 19.4. The third-order valence-corrected chi connectivity index (χ3v) is 7.89. The van der Waals surface area contributed by atoms with Crippen molar-refractivity contribution in [1.29, 1.82) is 0 Å². The largest absolute Gasteiger partial charge is 0.352 e. The molecule has 2 aromatic rings. The fraction of sp³-hybridized carbons (Fsp3) is 0.462. The van der Waals surface area contributed by atoms with Crippen LogP contribution in [0.3, 0.4) is 0 Å². The fourth-order valence-electron chi connectivity index (χ4n) is 4.26. The number of nitrogens with one attached hydrogen (secondary N) is 1. The van der Waals surface area contributed by atoms with Gasteiger partial charge in [0, 0.05) is 33.4 Å². The zero-order chi connectivity index (χ0) is 24.5. The van der Waals surface area contributed by atoms with Crippen molar-refractivity contribution in [3.8, 4) is 0 Å². The molecule has 0 bridgehead atoms. The van der Waals surface area contributed by atoms with Crippen LogP contribution in [-0.4, -0.2) is 34.6 Å². The van der Waals surface area contributed by atoms with Crippen LogP contribution in [0.5, 0.6) is 0 Å². The van der Waals surface area contributed by atoms with Gasteiger partial charge in [-0.3, -0.25) is 9.59 Å². The summed E-state index contributed by atoms with van der Waals surface area (Å²) in [6.07, 6.45) is 5.99. The van der Waals surface area contributed by atoms with Gasteiger partial charge in [0.1, 0.15) is 6.04 Å². The van der Waals surface area contributed by atoms with Gasteiger partial charge < -0.3 is 10.2 Å². The Morgan fingerprint density at radius 1 is 1.06 bits per heavy atom. The van der Waals surface area contributed by atoms with E-state index in [4.69, 9.17) is 34.8 Å². The molecule has 0 aliphatic heterocycles. The topological polar surface area (TPSA) is 49.4 Å². The number of carbonyl (C=O) groups is 2. The number of rotatable bonds is 10. The Bertz CT molecular complexity index is 982. The van der Waals surface area contributed by atoms with Crippen molar-refractivity contribution in [1.82, 2.24) is 10.2 Å². The average molecular weight is 542 g/mol. The molecule has 1 atom stereocenters. The van der Waals surface area contributed by atoms with E-state index in [2.05, 4.69) is 5.32 Å². The summed E-state index contributed by atoms with van der Waals surface area (Å²) in [5.74, 6) is 0.731. The van der Waals surface area contributed by atoms with E-state index in [9.17, 15) is 9.59 Å². The highest BCUT2D eigenvalue weighted by Crippen LogP contribution is 2.25. The zero-order valence-corrected chi connectivity index (χ0v) is 22.5. The van der Waals surface area contributed by atoms with E-state index in [1.54, 1.807) is 17.0 Å². The molecule has 184 valence electrons. The lowest BCUT2D eigenvalue weighted by Crippen LogP contribution is -2.52. The Balaban J connectivity index is 1.73. The lowest BCUT2D eigenvalue weighted by Gasteiger charge is -2.33. The molecule has 0 radical (unpaired) electrons. The summed E-state index contributed by atoms with van der Waals surface area (Å²) in [5.41, 5.74) is 1.82. The molecule has 1 saturated carbocycles. The van der Waals surface area contributed by atoms with Crippen LogP contribution in [0, 0.1) is 0 Å². The second kappa shape index (κ2) is 13.6. The Kier molecular flexibility index (Phi) is 10.9. The predicted molar refractivity (Wildman–Crippen MR) is 144 cm³/mol. The Morgan fingerprint density at radius 2 is 1.79 bits per heavy atom. The van der Waals surface area contributed by atoms with Crippen molar-refractivity contribution in [2.24, 2.45) is 0 Å². The minimum Gasteiger partial charge on any atom is -0.352 e. The molecule has 0 unspecified atom stereocenters. The predicted octanol–water partition coefficient (Wildman–Crippen LogP) is 7.14. The van der Waals surface area contributed by atoms with Crippen molar-refractivity contribution < 1.29 is 9.59 Å². The van der Waals surface area contributed by atoms with Crippen LogP contribution in [0.25, 0.3) is 0 Å². The number of carbonyl (C=O) groups excluding carboxylic acids is 2. The van der Waals surface area contributed by atoms with E-state index < -0.39 is 6.04 Å². The van der Waals surface area contributed by atoms with Crippen molar-refractivity contribution in [2.75, 3.05) is 5.75 Å². The SMILES string of the molecule is CC[C@H](C(=O)NC1CCCCC1)N(Cc1ccc(Cl)cc1Cl)C(=O)CSCc1cccc(Cl)c1. The van der Waals surface area contributed by atoms with E-state index in [0.29, 0.717) is 27.2 Å².